The molecule has 20 heavy (non-hydrogen) atoms. The smallest absolute Gasteiger partial charge is 0.0400 e. The van der Waals surface area contributed by atoms with Crippen molar-refractivity contribution in [2.24, 2.45) is 0 Å². The van der Waals surface area contributed by atoms with Gasteiger partial charge in [0.25, 0.3) is 0 Å². The molecule has 0 aliphatic rings. The van der Waals surface area contributed by atoms with Gasteiger partial charge in [-0.25, -0.2) is 0 Å². The number of hydrogen-bond acceptors (Lipinski definition) is 2. The van der Waals surface area contributed by atoms with Gasteiger partial charge in [-0.3, -0.25) is 0 Å². The molecule has 0 atom stereocenters. The van der Waals surface area contributed by atoms with Gasteiger partial charge in [-0.2, -0.15) is 0 Å². The zero-order chi connectivity index (χ0) is 14.5. The molecule has 0 aliphatic carbocycles. The van der Waals surface area contributed by atoms with Crippen LogP contribution in [-0.2, 0) is 6.54 Å². The zero-order valence-electron chi connectivity index (χ0n) is 12.9. The first-order chi connectivity index (χ1) is 9.56. The Kier molecular flexibility index (Phi) is 4.67. The van der Waals surface area contributed by atoms with E-state index in [-0.39, 0.29) is 0 Å². The molecule has 0 unspecified atom stereocenters. The van der Waals surface area contributed by atoms with Gasteiger partial charge >= 0.3 is 0 Å². The number of benzene rings is 2. The van der Waals surface area contributed by atoms with E-state index in [0.29, 0.717) is 5.92 Å². The van der Waals surface area contributed by atoms with Crippen LogP contribution in [0.1, 0.15) is 30.9 Å². The van der Waals surface area contributed by atoms with E-state index in [2.05, 4.69) is 86.7 Å². The van der Waals surface area contributed by atoms with E-state index in [9.17, 15) is 0 Å². The van der Waals surface area contributed by atoms with Crippen LogP contribution in [0.3, 0.4) is 0 Å². The Bertz CT molecular complexity index is 473. The topological polar surface area (TPSA) is 15.3 Å². The molecule has 1 N–H and O–H groups in total. The second-order valence-corrected chi connectivity index (χ2v) is 5.69. The van der Waals surface area contributed by atoms with Crippen molar-refractivity contribution in [1.82, 2.24) is 0 Å². The van der Waals surface area contributed by atoms with Crippen LogP contribution in [0, 0.1) is 0 Å². The summed E-state index contributed by atoms with van der Waals surface area (Å²) in [6.07, 6.45) is 0. The first-order valence-corrected chi connectivity index (χ1v) is 7.16. The van der Waals surface area contributed by atoms with Crippen molar-refractivity contribution in [1.29, 1.82) is 0 Å². The molecule has 2 aromatic carbocycles. The molecule has 2 nitrogen and oxygen atoms in total. The Morgan fingerprint density at radius 3 is 2.00 bits per heavy atom. The minimum atomic E-state index is 0.593. The van der Waals surface area contributed by atoms with E-state index in [1.807, 2.05) is 0 Å². The van der Waals surface area contributed by atoms with Crippen molar-refractivity contribution < 1.29 is 0 Å². The Morgan fingerprint density at radius 2 is 1.50 bits per heavy atom. The molecule has 0 radical (unpaired) electrons. The quantitative estimate of drug-likeness (QED) is 0.859. The number of nitrogens with one attached hydrogen (secondary N) is 1. The van der Waals surface area contributed by atoms with E-state index in [0.717, 1.165) is 12.2 Å². The fourth-order valence-corrected chi connectivity index (χ4v) is 2.10. The maximum absolute atomic E-state index is 3.46. The number of anilines is 2. The van der Waals surface area contributed by atoms with Gasteiger partial charge in [0.05, 0.1) is 0 Å². The molecule has 106 valence electrons. The van der Waals surface area contributed by atoms with Crippen LogP contribution in [0.4, 0.5) is 11.4 Å². The summed E-state index contributed by atoms with van der Waals surface area (Å²) in [5.41, 5.74) is 5.08. The third-order valence-electron chi connectivity index (χ3n) is 3.53. The highest BCUT2D eigenvalue weighted by Crippen LogP contribution is 2.18. The molecular weight excluding hydrogens is 244 g/mol. The summed E-state index contributed by atoms with van der Waals surface area (Å²) < 4.78 is 0. The molecule has 0 aliphatic heterocycles. The lowest BCUT2D eigenvalue weighted by molar-refractivity contribution is 0.865. The van der Waals surface area contributed by atoms with Gasteiger partial charge in [0.2, 0.25) is 0 Å². The highest BCUT2D eigenvalue weighted by atomic mass is 15.1. The Morgan fingerprint density at radius 1 is 0.900 bits per heavy atom. The van der Waals surface area contributed by atoms with Crippen LogP contribution in [0.2, 0.25) is 0 Å². The fourth-order valence-electron chi connectivity index (χ4n) is 2.10. The van der Waals surface area contributed by atoms with Gasteiger partial charge in [0, 0.05) is 32.0 Å². The van der Waals surface area contributed by atoms with E-state index in [1.165, 1.54) is 16.8 Å². The third-order valence-corrected chi connectivity index (χ3v) is 3.53. The van der Waals surface area contributed by atoms with Gasteiger partial charge in [0.1, 0.15) is 0 Å². The number of nitrogens with zero attached hydrogens (tertiary/aromatic N) is 1. The first kappa shape index (κ1) is 14.4. The summed E-state index contributed by atoms with van der Waals surface area (Å²) in [6.45, 7) is 5.30. The van der Waals surface area contributed by atoms with E-state index in [4.69, 9.17) is 0 Å². The summed E-state index contributed by atoms with van der Waals surface area (Å²) in [5, 5.41) is 3.46. The van der Waals surface area contributed by atoms with Gasteiger partial charge in [-0.1, -0.05) is 38.1 Å². The predicted octanol–water partition coefficient (Wildman–Crippen LogP) is 4.49. The Labute approximate surface area is 122 Å². The van der Waals surface area contributed by atoms with Crippen LogP contribution in [0.5, 0.6) is 0 Å². The lowest BCUT2D eigenvalue weighted by Gasteiger charge is -2.13. The predicted molar refractivity (Wildman–Crippen MR) is 88.6 cm³/mol. The monoisotopic (exact) mass is 268 g/mol. The summed E-state index contributed by atoms with van der Waals surface area (Å²) in [6, 6.07) is 17.4. The highest BCUT2D eigenvalue weighted by Gasteiger charge is 2.00. The minimum absolute atomic E-state index is 0.593. The second kappa shape index (κ2) is 6.47. The summed E-state index contributed by atoms with van der Waals surface area (Å²) in [4.78, 5) is 2.11. The third kappa shape index (κ3) is 3.77. The molecular formula is C18H24N2. The molecule has 0 spiro atoms. The average Bonchev–Trinajstić information content (AvgIpc) is 2.46. The molecule has 0 heterocycles. The maximum atomic E-state index is 3.46. The molecule has 0 fully saturated rings. The van der Waals surface area contributed by atoms with Crippen LogP contribution >= 0.6 is 0 Å². The second-order valence-electron chi connectivity index (χ2n) is 5.69. The highest BCUT2D eigenvalue weighted by molar-refractivity contribution is 5.54. The zero-order valence-corrected chi connectivity index (χ0v) is 12.9. The van der Waals surface area contributed by atoms with Crippen LogP contribution in [-0.4, -0.2) is 14.1 Å². The van der Waals surface area contributed by atoms with Gasteiger partial charge < -0.3 is 10.2 Å². The SMILES string of the molecule is CC(C)c1ccc(CNc2ccc(N(C)C)cc2)cc1. The molecule has 2 aromatic rings. The fraction of sp³-hybridized carbons (Fsp3) is 0.333. The standard InChI is InChI=1S/C18H24N2/c1-14(2)16-7-5-15(6-8-16)13-19-17-9-11-18(12-10-17)20(3)4/h5-12,14,19H,13H2,1-4H3. The van der Waals surface area contributed by atoms with E-state index < -0.39 is 0 Å². The normalized spacial score (nSPS) is 10.7. The summed E-state index contributed by atoms with van der Waals surface area (Å²) in [5.74, 6) is 0.593. The van der Waals surface area contributed by atoms with E-state index >= 15 is 0 Å². The molecule has 0 saturated carbocycles. The van der Waals surface area contributed by atoms with Crippen molar-refractivity contribution in [3.8, 4) is 0 Å². The lowest BCUT2D eigenvalue weighted by Crippen LogP contribution is -2.08. The van der Waals surface area contributed by atoms with Crippen molar-refractivity contribution >= 4 is 11.4 Å². The molecule has 0 bridgehead atoms. The van der Waals surface area contributed by atoms with Gasteiger partial charge in [0.15, 0.2) is 0 Å². The molecule has 0 amide bonds. The van der Waals surface area contributed by atoms with Crippen molar-refractivity contribution in [3.63, 3.8) is 0 Å². The maximum Gasteiger partial charge on any atom is 0.0400 e. The number of rotatable bonds is 5. The molecule has 2 heteroatoms. The molecule has 2 rings (SSSR count). The number of hydrogen-bond donors (Lipinski definition) is 1. The van der Waals surface area contributed by atoms with Crippen LogP contribution < -0.4 is 10.2 Å². The van der Waals surface area contributed by atoms with Crippen LogP contribution in [0.25, 0.3) is 0 Å². The van der Waals surface area contributed by atoms with Crippen molar-refractivity contribution in [3.05, 3.63) is 59.7 Å². The van der Waals surface area contributed by atoms with E-state index in [1.54, 1.807) is 0 Å². The molecule has 0 saturated heterocycles. The Hall–Kier alpha value is -1.96. The molecule has 0 aromatic heterocycles. The van der Waals surface area contributed by atoms with Crippen LogP contribution in [0.15, 0.2) is 48.5 Å². The van der Waals surface area contributed by atoms with Crippen molar-refractivity contribution in [2.45, 2.75) is 26.3 Å². The first-order valence-electron chi connectivity index (χ1n) is 7.16. The minimum Gasteiger partial charge on any atom is -0.381 e. The summed E-state index contributed by atoms with van der Waals surface area (Å²) in [7, 11) is 4.11. The Balaban J connectivity index is 1.94. The summed E-state index contributed by atoms with van der Waals surface area (Å²) >= 11 is 0. The largest absolute Gasteiger partial charge is 0.381 e. The lowest BCUT2D eigenvalue weighted by atomic mass is 10.0. The van der Waals surface area contributed by atoms with Crippen molar-refractivity contribution in [2.75, 3.05) is 24.3 Å². The average molecular weight is 268 g/mol. The van der Waals surface area contributed by atoms with Gasteiger partial charge in [-0.15, -0.1) is 0 Å². The van der Waals surface area contributed by atoms with Gasteiger partial charge in [-0.05, 0) is 41.3 Å².